The molecule has 5 rings (SSSR count). The Morgan fingerprint density at radius 2 is 1.87 bits per heavy atom. The van der Waals surface area contributed by atoms with Gasteiger partial charge in [-0.2, -0.15) is 5.26 Å². The van der Waals surface area contributed by atoms with Crippen molar-refractivity contribution in [3.63, 3.8) is 0 Å². The molecule has 1 aliphatic rings. The van der Waals surface area contributed by atoms with E-state index >= 15 is 0 Å². The van der Waals surface area contributed by atoms with Gasteiger partial charge in [0.05, 0.1) is 30.4 Å². The lowest BCUT2D eigenvalue weighted by Gasteiger charge is -2.31. The smallest absolute Gasteiger partial charge is 0.309 e. The van der Waals surface area contributed by atoms with E-state index in [-0.39, 0.29) is 24.9 Å². The first-order valence-corrected chi connectivity index (χ1v) is 15.6. The van der Waals surface area contributed by atoms with Gasteiger partial charge in [-0.25, -0.2) is 19.3 Å². The van der Waals surface area contributed by atoms with Crippen molar-refractivity contribution < 1.29 is 23.8 Å². The monoisotopic (exact) mass is 634 g/mol. The Hall–Kier alpha value is -4.27. The summed E-state index contributed by atoms with van der Waals surface area (Å²) in [5.41, 5.74) is 2.61. The maximum Gasteiger partial charge on any atom is 0.309 e. The number of pyridine rings is 2. The zero-order valence-electron chi connectivity index (χ0n) is 25.0. The number of fused-ring (bicyclic) bond motifs is 1. The zero-order chi connectivity index (χ0) is 31.6. The van der Waals surface area contributed by atoms with Crippen molar-refractivity contribution in [1.29, 1.82) is 5.26 Å². The summed E-state index contributed by atoms with van der Waals surface area (Å²) in [5.74, 6) is 0.0852. The van der Waals surface area contributed by atoms with Gasteiger partial charge in [0.25, 0.3) is 0 Å². The number of aromatic nitrogens is 4. The van der Waals surface area contributed by atoms with Crippen LogP contribution in [-0.4, -0.2) is 54.7 Å². The number of carbonyl (C=O) groups is 1. The Bertz CT molecular complexity index is 1650. The molecule has 0 bridgehead atoms. The minimum absolute atomic E-state index is 0.00565. The predicted octanol–water partition coefficient (Wildman–Crippen LogP) is 6.34. The van der Waals surface area contributed by atoms with Gasteiger partial charge in [-0.05, 0) is 62.1 Å². The molecule has 0 spiro atoms. The topological polar surface area (TPSA) is 126 Å². The van der Waals surface area contributed by atoms with Gasteiger partial charge in [-0.15, -0.1) is 0 Å². The largest absolute Gasteiger partial charge is 0.484 e. The summed E-state index contributed by atoms with van der Waals surface area (Å²) in [5, 5.41) is 18.4. The van der Waals surface area contributed by atoms with E-state index in [4.69, 9.17) is 31.3 Å². The van der Waals surface area contributed by atoms with Crippen LogP contribution in [0.5, 0.6) is 11.6 Å². The van der Waals surface area contributed by atoms with Crippen molar-refractivity contribution in [3.05, 3.63) is 76.6 Å². The summed E-state index contributed by atoms with van der Waals surface area (Å²) < 4.78 is 28.0. The number of ether oxygens (including phenoxy) is 2. The number of nitriles is 1. The maximum absolute atomic E-state index is 14.1. The molecule has 0 aliphatic carbocycles. The van der Waals surface area contributed by atoms with E-state index in [2.05, 4.69) is 25.5 Å². The fraction of sp³-hybridized carbons (Fsp3) is 0.424. The van der Waals surface area contributed by atoms with E-state index in [1.165, 1.54) is 12.1 Å². The van der Waals surface area contributed by atoms with Crippen molar-refractivity contribution in [2.45, 2.75) is 77.2 Å². The van der Waals surface area contributed by atoms with Crippen molar-refractivity contribution in [3.8, 4) is 17.7 Å². The standard InChI is InChI=1S/C33H36ClFN6O4/c34-23-9-12-29(27(35)19-23)44-22-25-7-6-8-31(37-25)45-26-13-17-40(18-14-26)21-30-39-28-11-10-24(20-32(42)43)38-33(28)41(30)16-5-3-1-2-4-15-36/h6-12,19,26H,1-5,13-14,16-18,20-22H2,(H,42,43). The number of imidazole rings is 1. The van der Waals surface area contributed by atoms with Crippen LogP contribution in [0.2, 0.25) is 5.02 Å². The van der Waals surface area contributed by atoms with Crippen LogP contribution in [0.3, 0.4) is 0 Å². The SMILES string of the molecule is N#CCCCCCCn1c(CN2CCC(Oc3cccc(COc4ccc(Cl)cc4F)n3)CC2)nc2ccc(CC(=O)O)nc21. The number of piperidine rings is 1. The van der Waals surface area contributed by atoms with E-state index < -0.39 is 11.8 Å². The van der Waals surface area contributed by atoms with Crippen LogP contribution in [0.15, 0.2) is 48.5 Å². The van der Waals surface area contributed by atoms with Gasteiger partial charge in [-0.3, -0.25) is 9.69 Å². The van der Waals surface area contributed by atoms with E-state index in [9.17, 15) is 14.3 Å². The van der Waals surface area contributed by atoms with Crippen molar-refractivity contribution >= 4 is 28.7 Å². The fourth-order valence-electron chi connectivity index (χ4n) is 5.43. The van der Waals surface area contributed by atoms with E-state index in [0.29, 0.717) is 40.9 Å². The number of nitrogens with zero attached hydrogens (tertiary/aromatic N) is 6. The Labute approximate surface area is 266 Å². The molecule has 1 saturated heterocycles. The molecule has 0 unspecified atom stereocenters. The molecule has 0 amide bonds. The quantitative estimate of drug-likeness (QED) is 0.149. The Morgan fingerprint density at radius 3 is 2.64 bits per heavy atom. The number of carboxylic acid groups (broad SMARTS) is 1. The van der Waals surface area contributed by atoms with E-state index in [0.717, 1.165) is 69.5 Å². The second kappa shape index (κ2) is 15.6. The highest BCUT2D eigenvalue weighted by Crippen LogP contribution is 2.24. The van der Waals surface area contributed by atoms with Crippen molar-refractivity contribution in [2.75, 3.05) is 13.1 Å². The number of unbranched alkanes of at least 4 members (excludes halogenated alkanes) is 4. The summed E-state index contributed by atoms with van der Waals surface area (Å²) in [6, 6.07) is 15.5. The number of benzene rings is 1. The summed E-state index contributed by atoms with van der Waals surface area (Å²) in [6.07, 6.45) is 5.89. The minimum Gasteiger partial charge on any atom is -0.484 e. The third kappa shape index (κ3) is 9.12. The molecule has 1 N–H and O–H groups in total. The van der Waals surface area contributed by atoms with Gasteiger partial charge in [0.1, 0.15) is 24.1 Å². The highest BCUT2D eigenvalue weighted by molar-refractivity contribution is 6.30. The number of rotatable bonds is 15. The number of hydrogen-bond donors (Lipinski definition) is 1. The molecule has 4 heterocycles. The summed E-state index contributed by atoms with van der Waals surface area (Å²) in [4.78, 5) is 27.7. The van der Waals surface area contributed by atoms with E-state index in [1.54, 1.807) is 18.2 Å². The molecular formula is C33H36ClFN6O4. The van der Waals surface area contributed by atoms with Crippen LogP contribution in [-0.2, 0) is 30.9 Å². The molecule has 0 saturated carbocycles. The highest BCUT2D eigenvalue weighted by atomic mass is 35.5. The summed E-state index contributed by atoms with van der Waals surface area (Å²) in [7, 11) is 0. The van der Waals surface area contributed by atoms with E-state index in [1.807, 2.05) is 18.2 Å². The lowest BCUT2D eigenvalue weighted by atomic mass is 10.1. The Balaban J connectivity index is 1.17. The molecule has 10 nitrogen and oxygen atoms in total. The van der Waals surface area contributed by atoms with Crippen LogP contribution in [0.4, 0.5) is 4.39 Å². The number of likely N-dealkylation sites (tertiary alicyclic amines) is 1. The first-order valence-electron chi connectivity index (χ1n) is 15.2. The lowest BCUT2D eigenvalue weighted by Crippen LogP contribution is -2.38. The predicted molar refractivity (Wildman–Crippen MR) is 166 cm³/mol. The summed E-state index contributed by atoms with van der Waals surface area (Å²) >= 11 is 5.82. The maximum atomic E-state index is 14.1. The molecule has 3 aromatic heterocycles. The van der Waals surface area contributed by atoms with Gasteiger partial charge in [0.15, 0.2) is 17.2 Å². The third-order valence-electron chi connectivity index (χ3n) is 7.72. The molecule has 1 aromatic carbocycles. The van der Waals surface area contributed by atoms with Crippen LogP contribution in [0.25, 0.3) is 11.2 Å². The molecule has 45 heavy (non-hydrogen) atoms. The molecule has 1 aliphatic heterocycles. The number of halogens is 2. The van der Waals surface area contributed by atoms with Crippen LogP contribution in [0.1, 0.15) is 62.2 Å². The van der Waals surface area contributed by atoms with Crippen LogP contribution < -0.4 is 9.47 Å². The number of aryl methyl sites for hydroxylation is 1. The number of carboxylic acids is 1. The lowest BCUT2D eigenvalue weighted by molar-refractivity contribution is -0.136. The van der Waals surface area contributed by atoms with Gasteiger partial charge in [0, 0.05) is 37.1 Å². The molecular weight excluding hydrogens is 599 g/mol. The fourth-order valence-corrected chi connectivity index (χ4v) is 5.59. The molecule has 1 fully saturated rings. The molecule has 0 atom stereocenters. The summed E-state index contributed by atoms with van der Waals surface area (Å²) in [6.45, 7) is 3.12. The van der Waals surface area contributed by atoms with Gasteiger partial charge < -0.3 is 19.1 Å². The van der Waals surface area contributed by atoms with Crippen LogP contribution in [0, 0.1) is 17.1 Å². The second-order valence-electron chi connectivity index (χ2n) is 11.1. The average molecular weight is 635 g/mol. The van der Waals surface area contributed by atoms with Gasteiger partial charge in [0.2, 0.25) is 5.88 Å². The molecule has 0 radical (unpaired) electrons. The van der Waals surface area contributed by atoms with Crippen molar-refractivity contribution in [2.24, 2.45) is 0 Å². The van der Waals surface area contributed by atoms with Crippen LogP contribution >= 0.6 is 11.6 Å². The second-order valence-corrected chi connectivity index (χ2v) is 11.6. The minimum atomic E-state index is -0.917. The first kappa shape index (κ1) is 32.1. The number of hydrogen-bond acceptors (Lipinski definition) is 8. The molecule has 236 valence electrons. The Kier molecular flexibility index (Phi) is 11.2. The molecule has 4 aromatic rings. The van der Waals surface area contributed by atoms with Gasteiger partial charge >= 0.3 is 5.97 Å². The van der Waals surface area contributed by atoms with Gasteiger partial charge in [-0.1, -0.05) is 30.5 Å². The zero-order valence-corrected chi connectivity index (χ0v) is 25.8. The first-order chi connectivity index (χ1) is 21.9. The highest BCUT2D eigenvalue weighted by Gasteiger charge is 2.23. The molecule has 12 heteroatoms. The third-order valence-corrected chi connectivity index (χ3v) is 7.95. The normalized spacial score (nSPS) is 14.0. The van der Waals surface area contributed by atoms with Crippen molar-refractivity contribution in [1.82, 2.24) is 24.4 Å². The Morgan fingerprint density at radius 1 is 1.04 bits per heavy atom. The average Bonchev–Trinajstić information content (AvgIpc) is 3.35. The number of aliphatic carboxylic acids is 1.